The number of rotatable bonds is 4. The molecular weight excluding hydrogens is 220 g/mol. The molecule has 0 aliphatic heterocycles. The molecule has 0 atom stereocenters. The molecule has 0 aliphatic carbocycles. The Balaban J connectivity index is 2.59. The SMILES string of the molecule is COCc1cccc(NC(=S)NC(C)C)c1. The number of methoxy groups -OCH3 is 1. The molecule has 1 aromatic carbocycles. The summed E-state index contributed by atoms with van der Waals surface area (Å²) in [6, 6.07) is 8.34. The van der Waals surface area contributed by atoms with Crippen molar-refractivity contribution in [3.63, 3.8) is 0 Å². The fourth-order valence-electron chi connectivity index (χ4n) is 1.33. The largest absolute Gasteiger partial charge is 0.380 e. The molecule has 0 radical (unpaired) electrons. The zero-order chi connectivity index (χ0) is 12.0. The number of benzene rings is 1. The second-order valence-corrected chi connectivity index (χ2v) is 4.29. The molecule has 88 valence electrons. The van der Waals surface area contributed by atoms with Gasteiger partial charge >= 0.3 is 0 Å². The van der Waals surface area contributed by atoms with Crippen LogP contribution in [0, 0.1) is 0 Å². The summed E-state index contributed by atoms with van der Waals surface area (Å²) in [6.07, 6.45) is 0. The van der Waals surface area contributed by atoms with E-state index in [4.69, 9.17) is 17.0 Å². The van der Waals surface area contributed by atoms with Crippen LogP contribution < -0.4 is 10.6 Å². The van der Waals surface area contributed by atoms with Gasteiger partial charge in [-0.15, -0.1) is 0 Å². The number of thiocarbonyl (C=S) groups is 1. The van der Waals surface area contributed by atoms with Crippen molar-refractivity contribution < 1.29 is 4.74 Å². The number of ether oxygens (including phenoxy) is 1. The van der Waals surface area contributed by atoms with E-state index in [0.29, 0.717) is 17.8 Å². The fraction of sp³-hybridized carbons (Fsp3) is 0.417. The molecule has 4 heteroatoms. The summed E-state index contributed by atoms with van der Waals surface area (Å²) >= 11 is 5.17. The van der Waals surface area contributed by atoms with Crippen molar-refractivity contribution in [1.82, 2.24) is 5.32 Å². The lowest BCUT2D eigenvalue weighted by Crippen LogP contribution is -2.33. The topological polar surface area (TPSA) is 33.3 Å². The molecule has 0 amide bonds. The molecule has 1 aromatic rings. The van der Waals surface area contributed by atoms with Crippen molar-refractivity contribution in [2.24, 2.45) is 0 Å². The van der Waals surface area contributed by atoms with E-state index in [2.05, 4.69) is 24.5 Å². The Morgan fingerprint density at radius 1 is 1.44 bits per heavy atom. The van der Waals surface area contributed by atoms with Crippen molar-refractivity contribution >= 4 is 23.0 Å². The Bertz CT molecular complexity index is 353. The van der Waals surface area contributed by atoms with E-state index in [-0.39, 0.29) is 0 Å². The standard InChI is InChI=1S/C12H18N2OS/c1-9(2)13-12(16)14-11-6-4-5-10(7-11)8-15-3/h4-7,9H,8H2,1-3H3,(H2,13,14,16). The van der Waals surface area contributed by atoms with Gasteiger partial charge in [0.15, 0.2) is 5.11 Å². The molecule has 1 rings (SSSR count). The van der Waals surface area contributed by atoms with Gasteiger partial charge in [0.25, 0.3) is 0 Å². The minimum Gasteiger partial charge on any atom is -0.380 e. The monoisotopic (exact) mass is 238 g/mol. The number of hydrogen-bond donors (Lipinski definition) is 2. The zero-order valence-electron chi connectivity index (χ0n) is 9.91. The third kappa shape index (κ3) is 4.59. The van der Waals surface area contributed by atoms with Crippen molar-refractivity contribution in [1.29, 1.82) is 0 Å². The normalized spacial score (nSPS) is 10.2. The quantitative estimate of drug-likeness (QED) is 0.790. The van der Waals surface area contributed by atoms with Crippen LogP contribution in [0.1, 0.15) is 19.4 Å². The van der Waals surface area contributed by atoms with Gasteiger partial charge in [-0.2, -0.15) is 0 Å². The van der Waals surface area contributed by atoms with Gasteiger partial charge < -0.3 is 15.4 Å². The first-order valence-electron chi connectivity index (χ1n) is 5.27. The molecule has 0 saturated heterocycles. The van der Waals surface area contributed by atoms with E-state index in [1.54, 1.807) is 7.11 Å². The van der Waals surface area contributed by atoms with Gasteiger partial charge in [-0.3, -0.25) is 0 Å². The molecule has 2 N–H and O–H groups in total. The van der Waals surface area contributed by atoms with Gasteiger partial charge in [0.1, 0.15) is 0 Å². The van der Waals surface area contributed by atoms with Crippen molar-refractivity contribution in [2.45, 2.75) is 26.5 Å². The Morgan fingerprint density at radius 3 is 2.81 bits per heavy atom. The second-order valence-electron chi connectivity index (χ2n) is 3.89. The first kappa shape index (κ1) is 12.9. The predicted octanol–water partition coefficient (Wildman–Crippen LogP) is 2.53. The molecule has 0 unspecified atom stereocenters. The van der Waals surface area contributed by atoms with Crippen LogP contribution in [-0.2, 0) is 11.3 Å². The summed E-state index contributed by atoms with van der Waals surface area (Å²) < 4.78 is 5.08. The molecule has 0 fully saturated rings. The molecule has 3 nitrogen and oxygen atoms in total. The maximum absolute atomic E-state index is 5.17. The average Bonchev–Trinajstić information content (AvgIpc) is 2.17. The molecule has 0 heterocycles. The molecule has 0 aliphatic rings. The first-order valence-corrected chi connectivity index (χ1v) is 5.68. The lowest BCUT2D eigenvalue weighted by Gasteiger charge is -2.13. The summed E-state index contributed by atoms with van der Waals surface area (Å²) in [5.74, 6) is 0. The van der Waals surface area contributed by atoms with Crippen molar-refractivity contribution in [3.05, 3.63) is 29.8 Å². The van der Waals surface area contributed by atoms with Gasteiger partial charge in [-0.05, 0) is 43.8 Å². The predicted molar refractivity (Wildman–Crippen MR) is 71.6 cm³/mol. The van der Waals surface area contributed by atoms with Gasteiger partial charge in [-0.25, -0.2) is 0 Å². The van der Waals surface area contributed by atoms with Crippen molar-refractivity contribution in [2.75, 3.05) is 12.4 Å². The maximum atomic E-state index is 5.17. The van der Waals surface area contributed by atoms with Crippen LogP contribution in [0.3, 0.4) is 0 Å². The molecule has 0 spiro atoms. The maximum Gasteiger partial charge on any atom is 0.170 e. The minimum atomic E-state index is 0.335. The smallest absolute Gasteiger partial charge is 0.170 e. The molecule has 16 heavy (non-hydrogen) atoms. The Morgan fingerprint density at radius 2 is 2.19 bits per heavy atom. The van der Waals surface area contributed by atoms with E-state index in [0.717, 1.165) is 11.3 Å². The summed E-state index contributed by atoms with van der Waals surface area (Å²) in [4.78, 5) is 0. The Hall–Kier alpha value is -1.13. The molecule has 0 bridgehead atoms. The van der Waals surface area contributed by atoms with Crippen LogP contribution in [0.4, 0.5) is 5.69 Å². The molecule has 0 aromatic heterocycles. The first-order chi connectivity index (χ1) is 7.61. The third-order valence-corrected chi connectivity index (χ3v) is 2.14. The number of anilines is 1. The summed E-state index contributed by atoms with van der Waals surface area (Å²) in [6.45, 7) is 4.71. The second kappa shape index (κ2) is 6.45. The number of hydrogen-bond acceptors (Lipinski definition) is 2. The van der Waals surface area contributed by atoms with E-state index >= 15 is 0 Å². The number of nitrogens with one attached hydrogen (secondary N) is 2. The van der Waals surface area contributed by atoms with E-state index in [1.165, 1.54) is 0 Å². The fourth-order valence-corrected chi connectivity index (χ4v) is 1.69. The van der Waals surface area contributed by atoms with Gasteiger partial charge in [-0.1, -0.05) is 12.1 Å². The summed E-state index contributed by atoms with van der Waals surface area (Å²) in [5.41, 5.74) is 2.10. The van der Waals surface area contributed by atoms with E-state index in [1.807, 2.05) is 24.3 Å². The highest BCUT2D eigenvalue weighted by Crippen LogP contribution is 2.11. The van der Waals surface area contributed by atoms with Crippen LogP contribution in [0.25, 0.3) is 0 Å². The van der Waals surface area contributed by atoms with Crippen LogP contribution in [-0.4, -0.2) is 18.3 Å². The molecular formula is C12H18N2OS. The lowest BCUT2D eigenvalue weighted by atomic mass is 10.2. The van der Waals surface area contributed by atoms with Crippen LogP contribution in [0.15, 0.2) is 24.3 Å². The van der Waals surface area contributed by atoms with Gasteiger partial charge in [0.2, 0.25) is 0 Å². The van der Waals surface area contributed by atoms with Crippen LogP contribution in [0.2, 0.25) is 0 Å². The van der Waals surface area contributed by atoms with E-state index in [9.17, 15) is 0 Å². The highest BCUT2D eigenvalue weighted by atomic mass is 32.1. The third-order valence-electron chi connectivity index (χ3n) is 1.92. The van der Waals surface area contributed by atoms with E-state index < -0.39 is 0 Å². The average molecular weight is 238 g/mol. The summed E-state index contributed by atoms with van der Waals surface area (Å²) in [5, 5.41) is 6.91. The highest BCUT2D eigenvalue weighted by Gasteiger charge is 2.00. The Kier molecular flexibility index (Phi) is 5.22. The van der Waals surface area contributed by atoms with Gasteiger partial charge in [0, 0.05) is 18.8 Å². The van der Waals surface area contributed by atoms with Crippen LogP contribution in [0.5, 0.6) is 0 Å². The lowest BCUT2D eigenvalue weighted by molar-refractivity contribution is 0.185. The zero-order valence-corrected chi connectivity index (χ0v) is 10.7. The van der Waals surface area contributed by atoms with Crippen molar-refractivity contribution in [3.8, 4) is 0 Å². The minimum absolute atomic E-state index is 0.335. The summed E-state index contributed by atoms with van der Waals surface area (Å²) in [7, 11) is 1.69. The highest BCUT2D eigenvalue weighted by molar-refractivity contribution is 7.80. The van der Waals surface area contributed by atoms with Gasteiger partial charge in [0.05, 0.1) is 6.61 Å². The Labute approximate surface area is 102 Å². The molecule has 0 saturated carbocycles. The van der Waals surface area contributed by atoms with Crippen LogP contribution >= 0.6 is 12.2 Å².